The van der Waals surface area contributed by atoms with Crippen molar-refractivity contribution in [2.75, 3.05) is 25.4 Å². The number of likely N-dealkylation sites (tertiary alicyclic amines) is 1. The Hall–Kier alpha value is -1.78. The van der Waals surface area contributed by atoms with Gasteiger partial charge in [-0.3, -0.25) is 4.79 Å². The predicted molar refractivity (Wildman–Crippen MR) is 98.2 cm³/mol. The minimum absolute atomic E-state index is 0.0199. The highest BCUT2D eigenvalue weighted by Gasteiger charge is 2.40. The lowest BCUT2D eigenvalue weighted by molar-refractivity contribution is 0.00353. The molecule has 1 amide bonds. The second-order valence-corrected chi connectivity index (χ2v) is 7.78. The van der Waals surface area contributed by atoms with Crippen LogP contribution in [0, 0.1) is 0 Å². The molecule has 0 atom stereocenters. The van der Waals surface area contributed by atoms with Crippen molar-refractivity contribution in [3.05, 3.63) is 60.2 Å². The number of thioether (sulfide) groups is 1. The van der Waals surface area contributed by atoms with Gasteiger partial charge in [-0.2, -0.15) is 0 Å². The zero-order chi connectivity index (χ0) is 16.4. The third kappa shape index (κ3) is 3.08. The Balaban J connectivity index is 1.43. The van der Waals surface area contributed by atoms with Gasteiger partial charge in [-0.15, -0.1) is 11.8 Å². The lowest BCUT2D eigenvalue weighted by Gasteiger charge is -2.37. The van der Waals surface area contributed by atoms with Crippen LogP contribution in [0.1, 0.15) is 23.2 Å². The normalized spacial score (nSPS) is 19.6. The molecule has 1 spiro atoms. The van der Waals surface area contributed by atoms with E-state index in [0.717, 1.165) is 49.4 Å². The number of amides is 1. The van der Waals surface area contributed by atoms with E-state index in [9.17, 15) is 4.79 Å². The van der Waals surface area contributed by atoms with Gasteiger partial charge >= 0.3 is 0 Å². The van der Waals surface area contributed by atoms with Crippen LogP contribution in [0.2, 0.25) is 0 Å². The topological polar surface area (TPSA) is 29.5 Å². The van der Waals surface area contributed by atoms with Crippen LogP contribution in [-0.2, 0) is 4.74 Å². The van der Waals surface area contributed by atoms with E-state index >= 15 is 0 Å². The third-order valence-electron chi connectivity index (χ3n) is 4.86. The molecular formula is C20H21NO2S. The fraction of sp³-hybridized carbons (Fsp3) is 0.350. The van der Waals surface area contributed by atoms with E-state index in [1.165, 1.54) is 5.56 Å². The van der Waals surface area contributed by atoms with E-state index in [0.29, 0.717) is 0 Å². The fourth-order valence-electron chi connectivity index (χ4n) is 3.45. The molecule has 124 valence electrons. The van der Waals surface area contributed by atoms with Crippen LogP contribution in [0.4, 0.5) is 0 Å². The van der Waals surface area contributed by atoms with Gasteiger partial charge < -0.3 is 9.64 Å². The molecule has 0 N–H and O–H groups in total. The number of rotatable bonds is 2. The van der Waals surface area contributed by atoms with Crippen molar-refractivity contribution in [2.24, 2.45) is 0 Å². The molecule has 2 aromatic rings. The average molecular weight is 339 g/mol. The Labute approximate surface area is 147 Å². The highest BCUT2D eigenvalue weighted by molar-refractivity contribution is 8.00. The van der Waals surface area contributed by atoms with Crippen molar-refractivity contribution < 1.29 is 9.53 Å². The van der Waals surface area contributed by atoms with Crippen LogP contribution in [0.3, 0.4) is 0 Å². The molecule has 0 aliphatic carbocycles. The maximum Gasteiger partial charge on any atom is 0.253 e. The SMILES string of the molecule is O=C(c1ccc(-c2ccccc2)cc1)N1CCC2(CC1)OCCS2. The summed E-state index contributed by atoms with van der Waals surface area (Å²) >= 11 is 1.91. The monoisotopic (exact) mass is 339 g/mol. The van der Waals surface area contributed by atoms with Crippen molar-refractivity contribution in [1.29, 1.82) is 0 Å². The fourth-order valence-corrected chi connectivity index (χ4v) is 4.63. The minimum atomic E-state index is -0.0199. The number of nitrogens with zero attached hydrogens (tertiary/aromatic N) is 1. The van der Waals surface area contributed by atoms with E-state index in [1.54, 1.807) is 0 Å². The van der Waals surface area contributed by atoms with E-state index in [2.05, 4.69) is 12.1 Å². The Morgan fingerprint density at radius 2 is 1.62 bits per heavy atom. The Morgan fingerprint density at radius 3 is 2.25 bits per heavy atom. The molecule has 0 radical (unpaired) electrons. The summed E-state index contributed by atoms with van der Waals surface area (Å²) in [6.45, 7) is 2.41. The summed E-state index contributed by atoms with van der Waals surface area (Å²) in [6.07, 6.45) is 1.87. The van der Waals surface area contributed by atoms with Gasteiger partial charge in [0.05, 0.1) is 6.61 Å². The van der Waals surface area contributed by atoms with Crippen LogP contribution >= 0.6 is 11.8 Å². The number of benzene rings is 2. The van der Waals surface area contributed by atoms with Crippen LogP contribution < -0.4 is 0 Å². The van der Waals surface area contributed by atoms with E-state index in [-0.39, 0.29) is 10.8 Å². The largest absolute Gasteiger partial charge is 0.363 e. The smallest absolute Gasteiger partial charge is 0.253 e. The molecule has 0 aromatic heterocycles. The van der Waals surface area contributed by atoms with Gasteiger partial charge in [0.25, 0.3) is 5.91 Å². The molecule has 2 fully saturated rings. The second-order valence-electron chi connectivity index (χ2n) is 6.34. The zero-order valence-corrected chi connectivity index (χ0v) is 14.4. The van der Waals surface area contributed by atoms with Crippen molar-refractivity contribution in [1.82, 2.24) is 4.90 Å². The van der Waals surface area contributed by atoms with Gasteiger partial charge in [0.15, 0.2) is 0 Å². The molecule has 2 aliphatic rings. The van der Waals surface area contributed by atoms with Crippen LogP contribution in [-0.4, -0.2) is 41.2 Å². The third-order valence-corrected chi connectivity index (χ3v) is 6.29. The van der Waals surface area contributed by atoms with E-state index < -0.39 is 0 Å². The van der Waals surface area contributed by atoms with E-state index in [1.807, 2.05) is 59.1 Å². The van der Waals surface area contributed by atoms with Crippen molar-refractivity contribution in [3.63, 3.8) is 0 Å². The number of hydrogen-bond donors (Lipinski definition) is 0. The molecule has 2 saturated heterocycles. The number of ether oxygens (including phenoxy) is 1. The Bertz CT molecular complexity index is 698. The van der Waals surface area contributed by atoms with Crippen LogP contribution in [0.15, 0.2) is 54.6 Å². The molecule has 3 nitrogen and oxygen atoms in total. The minimum Gasteiger partial charge on any atom is -0.363 e. The van der Waals surface area contributed by atoms with Crippen molar-refractivity contribution in [3.8, 4) is 11.1 Å². The lowest BCUT2D eigenvalue weighted by Crippen LogP contribution is -2.45. The number of carbonyl (C=O) groups is 1. The van der Waals surface area contributed by atoms with Gasteiger partial charge in [-0.05, 0) is 23.3 Å². The molecule has 0 bridgehead atoms. The molecule has 4 heteroatoms. The van der Waals surface area contributed by atoms with Gasteiger partial charge in [0.1, 0.15) is 4.93 Å². The summed E-state index contributed by atoms with van der Waals surface area (Å²) in [7, 11) is 0. The van der Waals surface area contributed by atoms with Crippen LogP contribution in [0.5, 0.6) is 0 Å². The molecular weight excluding hydrogens is 318 g/mol. The quantitative estimate of drug-likeness (QED) is 0.827. The average Bonchev–Trinajstić information content (AvgIpc) is 3.11. The number of carbonyl (C=O) groups excluding carboxylic acids is 1. The first-order valence-corrected chi connectivity index (χ1v) is 9.47. The molecule has 2 aromatic carbocycles. The van der Waals surface area contributed by atoms with Gasteiger partial charge in [0, 0.05) is 37.2 Å². The van der Waals surface area contributed by atoms with Gasteiger partial charge in [0.2, 0.25) is 0 Å². The summed E-state index contributed by atoms with van der Waals surface area (Å²) in [6, 6.07) is 18.2. The molecule has 0 unspecified atom stereocenters. The number of piperidine rings is 1. The summed E-state index contributed by atoms with van der Waals surface area (Å²) in [5.41, 5.74) is 3.08. The van der Waals surface area contributed by atoms with E-state index in [4.69, 9.17) is 4.74 Å². The Kier molecular flexibility index (Phi) is 4.33. The van der Waals surface area contributed by atoms with Gasteiger partial charge in [-0.1, -0.05) is 42.5 Å². The molecule has 0 saturated carbocycles. The number of hydrogen-bond acceptors (Lipinski definition) is 3. The summed E-state index contributed by atoms with van der Waals surface area (Å²) < 4.78 is 5.90. The van der Waals surface area contributed by atoms with Gasteiger partial charge in [-0.25, -0.2) is 0 Å². The highest BCUT2D eigenvalue weighted by atomic mass is 32.2. The Morgan fingerprint density at radius 1 is 0.958 bits per heavy atom. The summed E-state index contributed by atoms with van der Waals surface area (Å²) in [5.74, 6) is 1.21. The lowest BCUT2D eigenvalue weighted by atomic mass is 10.0. The molecule has 24 heavy (non-hydrogen) atoms. The first-order chi connectivity index (χ1) is 11.8. The van der Waals surface area contributed by atoms with Crippen molar-refractivity contribution in [2.45, 2.75) is 17.8 Å². The first kappa shape index (κ1) is 15.7. The molecule has 4 rings (SSSR count). The highest BCUT2D eigenvalue weighted by Crippen LogP contribution is 2.41. The van der Waals surface area contributed by atoms with Crippen molar-refractivity contribution >= 4 is 17.7 Å². The summed E-state index contributed by atoms with van der Waals surface area (Å²) in [4.78, 5) is 14.7. The first-order valence-electron chi connectivity index (χ1n) is 8.48. The van der Waals surface area contributed by atoms with Crippen LogP contribution in [0.25, 0.3) is 11.1 Å². The second kappa shape index (κ2) is 6.61. The molecule has 2 heterocycles. The maximum absolute atomic E-state index is 12.7. The predicted octanol–water partition coefficient (Wildman–Crippen LogP) is 4.05. The molecule has 2 aliphatic heterocycles. The summed E-state index contributed by atoms with van der Waals surface area (Å²) in [5, 5.41) is 0. The standard InChI is InChI=1S/C20H21NO2S/c22-19(21-12-10-20(11-13-21)23-14-15-24-20)18-8-6-17(7-9-18)16-4-2-1-3-5-16/h1-9H,10-15H2. The zero-order valence-electron chi connectivity index (χ0n) is 13.6. The maximum atomic E-state index is 12.7.